The van der Waals surface area contributed by atoms with Crippen molar-refractivity contribution in [2.24, 2.45) is 5.92 Å². The van der Waals surface area contributed by atoms with E-state index in [0.29, 0.717) is 5.92 Å². The first-order valence-electron chi connectivity index (χ1n) is 6.96. The van der Waals surface area contributed by atoms with Crippen LogP contribution in [0.4, 0.5) is 0 Å². The van der Waals surface area contributed by atoms with E-state index in [1.54, 1.807) is 11.3 Å². The largest absolute Gasteiger partial charge is 0.393 e. The number of hydrogen-bond donors (Lipinski definition) is 1. The lowest BCUT2D eigenvalue weighted by Gasteiger charge is -2.34. The molecule has 18 heavy (non-hydrogen) atoms. The second kappa shape index (κ2) is 6.64. The van der Waals surface area contributed by atoms with Gasteiger partial charge in [0.15, 0.2) is 0 Å². The van der Waals surface area contributed by atoms with Gasteiger partial charge in [-0.2, -0.15) is 0 Å². The zero-order valence-electron chi connectivity index (χ0n) is 11.4. The SMILES string of the molecule is Cc1nc(CCCN2CCCC(C(C)O)C2)cs1. The van der Waals surface area contributed by atoms with Crippen molar-refractivity contribution in [3.63, 3.8) is 0 Å². The minimum absolute atomic E-state index is 0.158. The lowest BCUT2D eigenvalue weighted by Crippen LogP contribution is -2.40. The van der Waals surface area contributed by atoms with E-state index < -0.39 is 0 Å². The van der Waals surface area contributed by atoms with Crippen molar-refractivity contribution in [3.05, 3.63) is 16.1 Å². The second-order valence-corrected chi connectivity index (χ2v) is 6.47. The molecule has 0 saturated carbocycles. The van der Waals surface area contributed by atoms with Crippen LogP contribution in [0.5, 0.6) is 0 Å². The van der Waals surface area contributed by atoms with Gasteiger partial charge in [0.25, 0.3) is 0 Å². The first-order chi connectivity index (χ1) is 8.65. The van der Waals surface area contributed by atoms with Crippen LogP contribution >= 0.6 is 11.3 Å². The summed E-state index contributed by atoms with van der Waals surface area (Å²) < 4.78 is 0. The summed E-state index contributed by atoms with van der Waals surface area (Å²) in [4.78, 5) is 7.00. The van der Waals surface area contributed by atoms with Gasteiger partial charge in [0.05, 0.1) is 16.8 Å². The highest BCUT2D eigenvalue weighted by atomic mass is 32.1. The van der Waals surface area contributed by atoms with Gasteiger partial charge in [0.1, 0.15) is 0 Å². The van der Waals surface area contributed by atoms with Gasteiger partial charge in [-0.15, -0.1) is 11.3 Å². The summed E-state index contributed by atoms with van der Waals surface area (Å²) in [5, 5.41) is 13.0. The molecule has 1 fully saturated rings. The third-order valence-electron chi connectivity index (χ3n) is 3.80. The van der Waals surface area contributed by atoms with Crippen molar-refractivity contribution in [1.82, 2.24) is 9.88 Å². The number of thiazole rings is 1. The van der Waals surface area contributed by atoms with Crippen LogP contribution in [0.2, 0.25) is 0 Å². The number of aliphatic hydroxyl groups excluding tert-OH is 1. The Labute approximate surface area is 114 Å². The normalized spacial score (nSPS) is 23.2. The molecule has 1 aromatic heterocycles. The van der Waals surface area contributed by atoms with E-state index in [-0.39, 0.29) is 6.10 Å². The molecule has 1 aliphatic heterocycles. The molecule has 2 atom stereocenters. The van der Waals surface area contributed by atoms with Crippen LogP contribution in [0.1, 0.15) is 36.9 Å². The number of likely N-dealkylation sites (tertiary alicyclic amines) is 1. The number of aliphatic hydroxyl groups is 1. The maximum Gasteiger partial charge on any atom is 0.0897 e. The first-order valence-corrected chi connectivity index (χ1v) is 7.84. The van der Waals surface area contributed by atoms with Crippen molar-refractivity contribution in [2.75, 3.05) is 19.6 Å². The molecule has 0 amide bonds. The molecule has 3 nitrogen and oxygen atoms in total. The monoisotopic (exact) mass is 268 g/mol. The molecule has 1 N–H and O–H groups in total. The Morgan fingerprint density at radius 2 is 2.44 bits per heavy atom. The number of nitrogens with zero attached hydrogens (tertiary/aromatic N) is 2. The van der Waals surface area contributed by atoms with Crippen LogP contribution in [0, 0.1) is 12.8 Å². The molecule has 0 aromatic carbocycles. The molecular formula is C14H24N2OS. The third-order valence-corrected chi connectivity index (χ3v) is 4.62. The van der Waals surface area contributed by atoms with E-state index in [1.165, 1.54) is 31.5 Å². The van der Waals surface area contributed by atoms with Crippen LogP contribution in [0.25, 0.3) is 0 Å². The Balaban J connectivity index is 1.70. The minimum Gasteiger partial charge on any atom is -0.393 e. The molecular weight excluding hydrogens is 244 g/mol. The molecule has 0 aliphatic carbocycles. The molecule has 0 bridgehead atoms. The maximum atomic E-state index is 9.67. The van der Waals surface area contributed by atoms with E-state index in [4.69, 9.17) is 0 Å². The Morgan fingerprint density at radius 1 is 1.61 bits per heavy atom. The average molecular weight is 268 g/mol. The number of rotatable bonds is 5. The topological polar surface area (TPSA) is 36.4 Å². The first kappa shape index (κ1) is 14.0. The fourth-order valence-corrected chi connectivity index (χ4v) is 3.34. The molecule has 2 unspecified atom stereocenters. The van der Waals surface area contributed by atoms with Crippen LogP contribution < -0.4 is 0 Å². The zero-order valence-corrected chi connectivity index (χ0v) is 12.2. The smallest absolute Gasteiger partial charge is 0.0897 e. The van der Waals surface area contributed by atoms with Gasteiger partial charge < -0.3 is 10.0 Å². The van der Waals surface area contributed by atoms with Crippen molar-refractivity contribution in [2.45, 2.75) is 45.6 Å². The Bertz CT molecular complexity index is 364. The van der Waals surface area contributed by atoms with Crippen molar-refractivity contribution >= 4 is 11.3 Å². The summed E-state index contributed by atoms with van der Waals surface area (Å²) in [6.07, 6.45) is 4.51. The van der Waals surface area contributed by atoms with Crippen molar-refractivity contribution < 1.29 is 5.11 Å². The molecule has 1 aromatic rings. The molecule has 2 rings (SSSR count). The van der Waals surface area contributed by atoms with Crippen LogP contribution in [0.15, 0.2) is 5.38 Å². The fourth-order valence-electron chi connectivity index (χ4n) is 2.69. The summed E-state index contributed by atoms with van der Waals surface area (Å²) in [6.45, 7) is 7.38. The standard InChI is InChI=1S/C14H24N2OS/c1-11(17)13-5-3-7-16(9-13)8-4-6-14-10-18-12(2)15-14/h10-11,13,17H,3-9H2,1-2H3. The van der Waals surface area contributed by atoms with Gasteiger partial charge in [0.2, 0.25) is 0 Å². The van der Waals surface area contributed by atoms with E-state index in [0.717, 1.165) is 24.5 Å². The minimum atomic E-state index is -0.158. The maximum absolute atomic E-state index is 9.67. The number of hydrogen-bond acceptors (Lipinski definition) is 4. The van der Waals surface area contributed by atoms with Crippen LogP contribution in [-0.2, 0) is 6.42 Å². The summed E-state index contributed by atoms with van der Waals surface area (Å²) in [7, 11) is 0. The summed E-state index contributed by atoms with van der Waals surface area (Å²) in [5.41, 5.74) is 1.24. The van der Waals surface area contributed by atoms with E-state index in [1.807, 2.05) is 6.92 Å². The van der Waals surface area contributed by atoms with Crippen LogP contribution in [-0.4, -0.2) is 40.7 Å². The van der Waals surface area contributed by atoms with E-state index in [2.05, 4.69) is 22.2 Å². The molecule has 102 valence electrons. The zero-order chi connectivity index (χ0) is 13.0. The predicted molar refractivity (Wildman–Crippen MR) is 76.0 cm³/mol. The highest BCUT2D eigenvalue weighted by molar-refractivity contribution is 7.09. The van der Waals surface area contributed by atoms with Crippen molar-refractivity contribution in [3.8, 4) is 0 Å². The summed E-state index contributed by atoms with van der Waals surface area (Å²) >= 11 is 1.74. The van der Waals surface area contributed by atoms with Gasteiger partial charge in [0, 0.05) is 11.9 Å². The Kier molecular flexibility index (Phi) is 5.15. The lowest BCUT2D eigenvalue weighted by atomic mass is 9.93. The van der Waals surface area contributed by atoms with Crippen LogP contribution in [0.3, 0.4) is 0 Å². The number of aryl methyl sites for hydroxylation is 2. The van der Waals surface area contributed by atoms with Gasteiger partial charge in [-0.1, -0.05) is 0 Å². The summed E-state index contributed by atoms with van der Waals surface area (Å²) in [5.74, 6) is 0.472. The quantitative estimate of drug-likeness (QED) is 0.891. The molecule has 1 saturated heterocycles. The third kappa shape index (κ3) is 4.04. The molecule has 0 spiro atoms. The number of piperidine rings is 1. The Hall–Kier alpha value is -0.450. The number of aromatic nitrogens is 1. The van der Waals surface area contributed by atoms with E-state index >= 15 is 0 Å². The highest BCUT2D eigenvalue weighted by Crippen LogP contribution is 2.20. The predicted octanol–water partition coefficient (Wildman–Crippen LogP) is 2.48. The second-order valence-electron chi connectivity index (χ2n) is 5.40. The summed E-state index contributed by atoms with van der Waals surface area (Å²) in [6, 6.07) is 0. The van der Waals surface area contributed by atoms with Gasteiger partial charge in [-0.3, -0.25) is 0 Å². The molecule has 1 aliphatic rings. The van der Waals surface area contributed by atoms with Gasteiger partial charge >= 0.3 is 0 Å². The van der Waals surface area contributed by atoms with E-state index in [9.17, 15) is 5.11 Å². The lowest BCUT2D eigenvalue weighted by molar-refractivity contribution is 0.0625. The fraction of sp³-hybridized carbons (Fsp3) is 0.786. The Morgan fingerprint density at radius 3 is 3.11 bits per heavy atom. The molecule has 0 radical (unpaired) electrons. The average Bonchev–Trinajstić information content (AvgIpc) is 2.75. The highest BCUT2D eigenvalue weighted by Gasteiger charge is 2.22. The van der Waals surface area contributed by atoms with Gasteiger partial charge in [-0.05, 0) is 58.5 Å². The van der Waals surface area contributed by atoms with Crippen molar-refractivity contribution in [1.29, 1.82) is 0 Å². The van der Waals surface area contributed by atoms with Gasteiger partial charge in [-0.25, -0.2) is 4.98 Å². The molecule has 2 heterocycles. The molecule has 4 heteroatoms.